The van der Waals surface area contributed by atoms with Crippen LogP contribution in [0.3, 0.4) is 0 Å². The van der Waals surface area contributed by atoms with E-state index in [0.717, 1.165) is 22.6 Å². The average molecular weight is 227 g/mol. The largest absolute Gasteiger partial charge is 0.298 e. The SMILES string of the molecule is Cc1nc(C#Cc2cccc(C=O)c2)cs1. The molecule has 3 heteroatoms. The minimum absolute atomic E-state index is 0.640. The number of rotatable bonds is 1. The smallest absolute Gasteiger partial charge is 0.150 e. The lowest BCUT2D eigenvalue weighted by molar-refractivity contribution is 0.112. The highest BCUT2D eigenvalue weighted by molar-refractivity contribution is 7.09. The van der Waals surface area contributed by atoms with Gasteiger partial charge in [-0.25, -0.2) is 4.98 Å². The van der Waals surface area contributed by atoms with Crippen LogP contribution < -0.4 is 0 Å². The topological polar surface area (TPSA) is 30.0 Å². The summed E-state index contributed by atoms with van der Waals surface area (Å²) in [5.41, 5.74) is 2.25. The molecule has 0 amide bonds. The standard InChI is InChI=1S/C13H9NOS/c1-10-14-13(9-16-10)6-5-11-3-2-4-12(7-11)8-15/h2-4,7-9H,1H3. The van der Waals surface area contributed by atoms with Gasteiger partial charge in [0.15, 0.2) is 0 Å². The highest BCUT2D eigenvalue weighted by atomic mass is 32.1. The summed E-state index contributed by atoms with van der Waals surface area (Å²) in [6, 6.07) is 7.21. The van der Waals surface area contributed by atoms with Crippen molar-refractivity contribution >= 4 is 17.6 Å². The van der Waals surface area contributed by atoms with Crippen LogP contribution in [0.15, 0.2) is 29.6 Å². The Kier molecular flexibility index (Phi) is 3.13. The fourth-order valence-electron chi connectivity index (χ4n) is 1.25. The predicted molar refractivity (Wildman–Crippen MR) is 64.7 cm³/mol. The lowest BCUT2D eigenvalue weighted by Crippen LogP contribution is -1.81. The third-order valence-electron chi connectivity index (χ3n) is 1.98. The molecule has 0 unspecified atom stereocenters. The predicted octanol–water partition coefficient (Wildman–Crippen LogP) is 2.66. The molecule has 16 heavy (non-hydrogen) atoms. The number of aromatic nitrogens is 1. The Morgan fingerprint density at radius 1 is 1.38 bits per heavy atom. The minimum Gasteiger partial charge on any atom is -0.298 e. The molecule has 0 fully saturated rings. The van der Waals surface area contributed by atoms with Gasteiger partial charge in [-0.2, -0.15) is 0 Å². The first kappa shape index (κ1) is 10.6. The number of carbonyl (C=O) groups is 1. The lowest BCUT2D eigenvalue weighted by Gasteiger charge is -1.90. The molecule has 1 aromatic carbocycles. The number of benzene rings is 1. The van der Waals surface area contributed by atoms with Crippen LogP contribution in [-0.4, -0.2) is 11.3 Å². The van der Waals surface area contributed by atoms with Crippen LogP contribution in [0.2, 0.25) is 0 Å². The van der Waals surface area contributed by atoms with Gasteiger partial charge in [-0.3, -0.25) is 4.79 Å². The van der Waals surface area contributed by atoms with E-state index in [-0.39, 0.29) is 0 Å². The zero-order chi connectivity index (χ0) is 11.4. The van der Waals surface area contributed by atoms with Crippen LogP contribution in [0, 0.1) is 18.8 Å². The van der Waals surface area contributed by atoms with E-state index in [0.29, 0.717) is 5.56 Å². The number of hydrogen-bond acceptors (Lipinski definition) is 3. The summed E-state index contributed by atoms with van der Waals surface area (Å²) in [6.45, 7) is 1.95. The van der Waals surface area contributed by atoms with Crippen LogP contribution in [0.5, 0.6) is 0 Å². The van der Waals surface area contributed by atoms with Crippen molar-refractivity contribution in [2.45, 2.75) is 6.92 Å². The molecule has 1 heterocycles. The van der Waals surface area contributed by atoms with Gasteiger partial charge >= 0.3 is 0 Å². The zero-order valence-electron chi connectivity index (χ0n) is 8.73. The van der Waals surface area contributed by atoms with E-state index in [9.17, 15) is 4.79 Å². The molecule has 0 radical (unpaired) electrons. The maximum absolute atomic E-state index is 10.6. The van der Waals surface area contributed by atoms with Crippen molar-refractivity contribution in [2.75, 3.05) is 0 Å². The molecule has 0 saturated carbocycles. The van der Waals surface area contributed by atoms with Crippen molar-refractivity contribution in [3.63, 3.8) is 0 Å². The molecule has 1 aromatic heterocycles. The molecule has 0 N–H and O–H groups in total. The summed E-state index contributed by atoms with van der Waals surface area (Å²) in [7, 11) is 0. The van der Waals surface area contributed by atoms with E-state index < -0.39 is 0 Å². The third kappa shape index (κ3) is 2.56. The molecule has 0 aliphatic rings. The normalized spacial score (nSPS) is 9.31. The molecule has 2 nitrogen and oxygen atoms in total. The van der Waals surface area contributed by atoms with Crippen LogP contribution in [0.25, 0.3) is 0 Å². The molecule has 2 rings (SSSR count). The van der Waals surface area contributed by atoms with Crippen molar-refractivity contribution < 1.29 is 4.79 Å². The molecule has 0 aliphatic carbocycles. The van der Waals surface area contributed by atoms with Gasteiger partial charge in [0.25, 0.3) is 0 Å². The van der Waals surface area contributed by atoms with Gasteiger partial charge in [-0.05, 0) is 25.0 Å². The lowest BCUT2D eigenvalue weighted by atomic mass is 10.1. The van der Waals surface area contributed by atoms with E-state index in [1.54, 1.807) is 23.5 Å². The van der Waals surface area contributed by atoms with Gasteiger partial charge in [0, 0.05) is 16.5 Å². The van der Waals surface area contributed by atoms with Crippen LogP contribution >= 0.6 is 11.3 Å². The second-order valence-electron chi connectivity index (χ2n) is 3.25. The summed E-state index contributed by atoms with van der Waals surface area (Å²) >= 11 is 1.58. The Morgan fingerprint density at radius 2 is 2.25 bits per heavy atom. The molecule has 78 valence electrons. The second kappa shape index (κ2) is 4.73. The van der Waals surface area contributed by atoms with Gasteiger partial charge in [0.1, 0.15) is 12.0 Å². The molecule has 0 saturated heterocycles. The molecule has 2 aromatic rings. The van der Waals surface area contributed by atoms with Crippen molar-refractivity contribution in [3.05, 3.63) is 51.5 Å². The Balaban J connectivity index is 2.26. The fraction of sp³-hybridized carbons (Fsp3) is 0.0769. The van der Waals surface area contributed by atoms with Crippen molar-refractivity contribution in [1.82, 2.24) is 4.98 Å². The van der Waals surface area contributed by atoms with E-state index in [4.69, 9.17) is 0 Å². The van der Waals surface area contributed by atoms with E-state index in [2.05, 4.69) is 16.8 Å². The quantitative estimate of drug-likeness (QED) is 0.554. The number of aryl methyl sites for hydroxylation is 1. The molecular formula is C13H9NOS. The average Bonchev–Trinajstić information content (AvgIpc) is 2.73. The van der Waals surface area contributed by atoms with Gasteiger partial charge in [-0.1, -0.05) is 18.1 Å². The zero-order valence-corrected chi connectivity index (χ0v) is 9.54. The fourth-order valence-corrected chi connectivity index (χ4v) is 1.79. The highest BCUT2D eigenvalue weighted by Gasteiger charge is 1.93. The van der Waals surface area contributed by atoms with Crippen LogP contribution in [-0.2, 0) is 0 Å². The number of carbonyl (C=O) groups excluding carboxylic acids is 1. The van der Waals surface area contributed by atoms with Crippen molar-refractivity contribution in [3.8, 4) is 11.8 Å². The summed E-state index contributed by atoms with van der Waals surface area (Å²) in [5, 5.41) is 2.93. The summed E-state index contributed by atoms with van der Waals surface area (Å²) in [4.78, 5) is 14.8. The Labute approximate surface area is 98.0 Å². The van der Waals surface area contributed by atoms with Gasteiger partial charge in [-0.15, -0.1) is 11.3 Å². The molecule has 0 spiro atoms. The van der Waals surface area contributed by atoms with Gasteiger partial charge in [0.05, 0.1) is 5.01 Å². The molecular weight excluding hydrogens is 218 g/mol. The molecule has 0 bridgehead atoms. The minimum atomic E-state index is 0.640. The monoisotopic (exact) mass is 227 g/mol. The van der Waals surface area contributed by atoms with Gasteiger partial charge < -0.3 is 0 Å². The second-order valence-corrected chi connectivity index (χ2v) is 4.31. The first-order chi connectivity index (χ1) is 7.78. The summed E-state index contributed by atoms with van der Waals surface area (Å²) in [6.07, 6.45) is 0.818. The Hall–Kier alpha value is -1.92. The van der Waals surface area contributed by atoms with Gasteiger partial charge in [0.2, 0.25) is 0 Å². The molecule has 0 aliphatic heterocycles. The van der Waals surface area contributed by atoms with Crippen molar-refractivity contribution in [1.29, 1.82) is 0 Å². The van der Waals surface area contributed by atoms with Crippen LogP contribution in [0.4, 0.5) is 0 Å². The van der Waals surface area contributed by atoms with E-state index >= 15 is 0 Å². The number of hydrogen-bond donors (Lipinski definition) is 0. The number of aldehydes is 1. The third-order valence-corrected chi connectivity index (χ3v) is 2.75. The Bertz CT molecular complexity index is 575. The first-order valence-electron chi connectivity index (χ1n) is 4.77. The summed E-state index contributed by atoms with van der Waals surface area (Å²) in [5.74, 6) is 5.95. The number of nitrogens with zero attached hydrogens (tertiary/aromatic N) is 1. The van der Waals surface area contributed by atoms with E-state index in [1.807, 2.05) is 24.4 Å². The maximum atomic E-state index is 10.6. The first-order valence-corrected chi connectivity index (χ1v) is 5.65. The highest BCUT2D eigenvalue weighted by Crippen LogP contribution is 2.07. The number of thiazole rings is 1. The maximum Gasteiger partial charge on any atom is 0.150 e. The van der Waals surface area contributed by atoms with Crippen molar-refractivity contribution in [2.24, 2.45) is 0 Å². The molecule has 0 atom stereocenters. The summed E-state index contributed by atoms with van der Waals surface area (Å²) < 4.78 is 0. The van der Waals surface area contributed by atoms with Crippen LogP contribution in [0.1, 0.15) is 26.6 Å². The Morgan fingerprint density at radius 3 is 2.94 bits per heavy atom. The van der Waals surface area contributed by atoms with E-state index in [1.165, 1.54) is 0 Å².